The molecule has 1 aromatic carbocycles. The van der Waals surface area contributed by atoms with E-state index in [4.69, 9.17) is 4.74 Å². The lowest BCUT2D eigenvalue weighted by atomic mass is 10.0. The number of carbonyl (C=O) groups excluding carboxylic acids is 1. The number of fused-ring (bicyclic) bond motifs is 1. The van der Waals surface area contributed by atoms with Crippen molar-refractivity contribution >= 4 is 11.6 Å². The van der Waals surface area contributed by atoms with Crippen LogP contribution in [0.2, 0.25) is 0 Å². The minimum absolute atomic E-state index is 0.0729. The average Bonchev–Trinajstić information content (AvgIpc) is 2.73. The van der Waals surface area contributed by atoms with Crippen molar-refractivity contribution in [1.29, 1.82) is 0 Å². The first-order chi connectivity index (χ1) is 10.1. The standard InChI is InChI=1S/C16H19N3O2/c1-4-7-19-11(3)16(10(2)18-19)12-5-6-13-14(8-12)21-9-15(20)17-13/h5-6,8H,4,7,9H2,1-3H3,(H,17,20). The Bertz CT molecular complexity index is 704. The fraction of sp³-hybridized carbons (Fsp3) is 0.375. The number of amides is 1. The van der Waals surface area contributed by atoms with Crippen LogP contribution in [0.1, 0.15) is 24.7 Å². The third kappa shape index (κ3) is 2.39. The van der Waals surface area contributed by atoms with Crippen molar-refractivity contribution in [3.8, 4) is 16.9 Å². The third-order valence-corrected chi connectivity index (χ3v) is 3.72. The molecule has 0 radical (unpaired) electrons. The predicted molar refractivity (Wildman–Crippen MR) is 81.6 cm³/mol. The zero-order valence-corrected chi connectivity index (χ0v) is 12.6. The topological polar surface area (TPSA) is 56.2 Å². The van der Waals surface area contributed by atoms with Crippen LogP contribution in [-0.2, 0) is 11.3 Å². The molecule has 0 fully saturated rings. The van der Waals surface area contributed by atoms with Crippen LogP contribution in [-0.4, -0.2) is 22.3 Å². The molecular weight excluding hydrogens is 266 g/mol. The normalized spacial score (nSPS) is 13.6. The second kappa shape index (κ2) is 5.24. The largest absolute Gasteiger partial charge is 0.482 e. The van der Waals surface area contributed by atoms with Crippen LogP contribution in [0.15, 0.2) is 18.2 Å². The number of aryl methyl sites for hydroxylation is 2. The fourth-order valence-electron chi connectivity index (χ4n) is 2.77. The van der Waals surface area contributed by atoms with E-state index in [2.05, 4.69) is 24.3 Å². The summed E-state index contributed by atoms with van der Waals surface area (Å²) in [7, 11) is 0. The highest BCUT2D eigenvalue weighted by atomic mass is 16.5. The van der Waals surface area contributed by atoms with E-state index in [9.17, 15) is 4.79 Å². The molecule has 21 heavy (non-hydrogen) atoms. The van der Waals surface area contributed by atoms with E-state index in [1.54, 1.807) is 0 Å². The Morgan fingerprint density at radius 3 is 2.95 bits per heavy atom. The maximum atomic E-state index is 11.3. The Kier molecular flexibility index (Phi) is 3.41. The van der Waals surface area contributed by atoms with Crippen molar-refractivity contribution < 1.29 is 9.53 Å². The molecule has 3 rings (SSSR count). The van der Waals surface area contributed by atoms with E-state index in [0.717, 1.165) is 41.2 Å². The molecule has 1 N–H and O–H groups in total. The van der Waals surface area contributed by atoms with Crippen molar-refractivity contribution in [2.45, 2.75) is 33.7 Å². The van der Waals surface area contributed by atoms with Crippen molar-refractivity contribution in [2.75, 3.05) is 11.9 Å². The minimum Gasteiger partial charge on any atom is -0.482 e. The zero-order chi connectivity index (χ0) is 15.0. The van der Waals surface area contributed by atoms with Gasteiger partial charge in [0.2, 0.25) is 0 Å². The van der Waals surface area contributed by atoms with Crippen molar-refractivity contribution in [3.05, 3.63) is 29.6 Å². The maximum absolute atomic E-state index is 11.3. The summed E-state index contributed by atoms with van der Waals surface area (Å²) < 4.78 is 7.54. The van der Waals surface area contributed by atoms with Crippen molar-refractivity contribution in [1.82, 2.24) is 9.78 Å². The van der Waals surface area contributed by atoms with Gasteiger partial charge in [-0.05, 0) is 38.0 Å². The van der Waals surface area contributed by atoms with Gasteiger partial charge in [0.25, 0.3) is 5.91 Å². The number of anilines is 1. The zero-order valence-electron chi connectivity index (χ0n) is 12.6. The van der Waals surface area contributed by atoms with Crippen LogP contribution in [0.25, 0.3) is 11.1 Å². The van der Waals surface area contributed by atoms with Gasteiger partial charge >= 0.3 is 0 Å². The van der Waals surface area contributed by atoms with Gasteiger partial charge in [0.15, 0.2) is 6.61 Å². The minimum atomic E-state index is -0.113. The summed E-state index contributed by atoms with van der Waals surface area (Å²) in [6.45, 7) is 7.25. The monoisotopic (exact) mass is 285 g/mol. The van der Waals surface area contributed by atoms with Crippen LogP contribution in [0, 0.1) is 13.8 Å². The number of hydrogen-bond donors (Lipinski definition) is 1. The molecule has 0 unspecified atom stereocenters. The number of aromatic nitrogens is 2. The number of ether oxygens (including phenoxy) is 1. The number of hydrogen-bond acceptors (Lipinski definition) is 3. The van der Waals surface area contributed by atoms with E-state index >= 15 is 0 Å². The summed E-state index contributed by atoms with van der Waals surface area (Å²) in [5.41, 5.74) is 5.12. The quantitative estimate of drug-likeness (QED) is 0.943. The molecule has 0 aliphatic carbocycles. The van der Waals surface area contributed by atoms with Gasteiger partial charge in [-0.1, -0.05) is 13.0 Å². The summed E-state index contributed by atoms with van der Waals surface area (Å²) in [6, 6.07) is 5.86. The molecule has 5 heteroatoms. The molecule has 1 aliphatic rings. The summed E-state index contributed by atoms with van der Waals surface area (Å²) in [5.74, 6) is 0.604. The molecule has 110 valence electrons. The molecule has 0 atom stereocenters. The highest BCUT2D eigenvalue weighted by Crippen LogP contribution is 2.35. The molecule has 1 amide bonds. The highest BCUT2D eigenvalue weighted by Gasteiger charge is 2.19. The summed E-state index contributed by atoms with van der Waals surface area (Å²) in [4.78, 5) is 11.3. The predicted octanol–water partition coefficient (Wildman–Crippen LogP) is 2.91. The number of nitrogens with one attached hydrogen (secondary N) is 1. The van der Waals surface area contributed by atoms with E-state index in [1.165, 1.54) is 0 Å². The summed E-state index contributed by atoms with van der Waals surface area (Å²) in [6.07, 6.45) is 1.06. The average molecular weight is 285 g/mol. The fourth-order valence-corrected chi connectivity index (χ4v) is 2.77. The van der Waals surface area contributed by atoms with Gasteiger partial charge in [-0.25, -0.2) is 0 Å². The first-order valence-corrected chi connectivity index (χ1v) is 7.21. The van der Waals surface area contributed by atoms with Gasteiger partial charge < -0.3 is 10.1 Å². The highest BCUT2D eigenvalue weighted by molar-refractivity contribution is 5.96. The molecule has 2 heterocycles. The van der Waals surface area contributed by atoms with Crippen LogP contribution >= 0.6 is 0 Å². The number of rotatable bonds is 3. The molecule has 0 bridgehead atoms. The number of nitrogens with zero attached hydrogens (tertiary/aromatic N) is 2. The van der Waals surface area contributed by atoms with E-state index in [0.29, 0.717) is 5.75 Å². The molecule has 2 aromatic rings. The molecule has 1 aromatic heterocycles. The van der Waals surface area contributed by atoms with Gasteiger partial charge in [0, 0.05) is 17.8 Å². The van der Waals surface area contributed by atoms with Gasteiger partial charge in [-0.15, -0.1) is 0 Å². The lowest BCUT2D eigenvalue weighted by Crippen LogP contribution is -2.25. The third-order valence-electron chi connectivity index (χ3n) is 3.72. The van der Waals surface area contributed by atoms with Gasteiger partial charge in [-0.2, -0.15) is 5.10 Å². The first-order valence-electron chi connectivity index (χ1n) is 7.21. The van der Waals surface area contributed by atoms with Crippen molar-refractivity contribution in [3.63, 3.8) is 0 Å². The second-order valence-corrected chi connectivity index (χ2v) is 5.32. The Labute approximate surface area is 123 Å². The first kappa shape index (κ1) is 13.7. The van der Waals surface area contributed by atoms with Gasteiger partial charge in [-0.3, -0.25) is 9.48 Å². The molecule has 0 saturated heterocycles. The molecule has 0 spiro atoms. The summed E-state index contributed by atoms with van der Waals surface area (Å²) in [5, 5.41) is 7.42. The maximum Gasteiger partial charge on any atom is 0.262 e. The van der Waals surface area contributed by atoms with Crippen molar-refractivity contribution in [2.24, 2.45) is 0 Å². The van der Waals surface area contributed by atoms with E-state index < -0.39 is 0 Å². The van der Waals surface area contributed by atoms with Crippen LogP contribution in [0.3, 0.4) is 0 Å². The Balaban J connectivity index is 2.03. The SMILES string of the molecule is CCCn1nc(C)c(-c2ccc3c(c2)OCC(=O)N3)c1C. The summed E-state index contributed by atoms with van der Waals surface area (Å²) >= 11 is 0. The van der Waals surface area contributed by atoms with Gasteiger partial charge in [0.05, 0.1) is 11.4 Å². The molecule has 5 nitrogen and oxygen atoms in total. The lowest BCUT2D eigenvalue weighted by molar-refractivity contribution is -0.118. The number of carbonyl (C=O) groups is 1. The van der Waals surface area contributed by atoms with Crippen LogP contribution in [0.5, 0.6) is 5.75 Å². The van der Waals surface area contributed by atoms with Gasteiger partial charge in [0.1, 0.15) is 5.75 Å². The Morgan fingerprint density at radius 1 is 1.38 bits per heavy atom. The molecule has 0 saturated carbocycles. The number of benzene rings is 1. The second-order valence-electron chi connectivity index (χ2n) is 5.32. The molecule has 1 aliphatic heterocycles. The Morgan fingerprint density at radius 2 is 2.19 bits per heavy atom. The van der Waals surface area contributed by atoms with E-state index in [1.807, 2.05) is 29.8 Å². The Hall–Kier alpha value is -2.30. The lowest BCUT2D eigenvalue weighted by Gasteiger charge is -2.18. The molecular formula is C16H19N3O2. The van der Waals surface area contributed by atoms with Crippen LogP contribution < -0.4 is 10.1 Å². The smallest absolute Gasteiger partial charge is 0.262 e. The van der Waals surface area contributed by atoms with Crippen LogP contribution in [0.4, 0.5) is 5.69 Å². The van der Waals surface area contributed by atoms with E-state index in [-0.39, 0.29) is 12.5 Å².